The van der Waals surface area contributed by atoms with Crippen LogP contribution in [0.2, 0.25) is 0 Å². The molecule has 0 aliphatic heterocycles. The molecule has 0 amide bonds. The highest BCUT2D eigenvalue weighted by atomic mass is 32.2. The number of thioether (sulfide) groups is 1. The third kappa shape index (κ3) is 4.17. The van der Waals surface area contributed by atoms with Crippen LogP contribution in [0.3, 0.4) is 0 Å². The maximum absolute atomic E-state index is 12.2. The van der Waals surface area contributed by atoms with Gasteiger partial charge in [0.2, 0.25) is 10.0 Å². The van der Waals surface area contributed by atoms with Gasteiger partial charge in [0, 0.05) is 26.3 Å². The zero-order chi connectivity index (χ0) is 18.7. The van der Waals surface area contributed by atoms with Crippen LogP contribution in [0.25, 0.3) is 11.1 Å². The molecular formula is C17H18N2O4S3. The van der Waals surface area contributed by atoms with Crippen LogP contribution >= 0.6 is 23.1 Å². The molecule has 3 rings (SSSR count). The highest BCUT2D eigenvalue weighted by Crippen LogP contribution is 2.27. The maximum atomic E-state index is 12.2. The molecule has 0 unspecified atom stereocenters. The van der Waals surface area contributed by atoms with Gasteiger partial charge in [0.1, 0.15) is 5.52 Å². The van der Waals surface area contributed by atoms with E-state index in [9.17, 15) is 13.2 Å². The smallest absolute Gasteiger partial charge is 0.256 e. The molecular weight excluding hydrogens is 392 g/mol. The molecule has 0 aliphatic carbocycles. The van der Waals surface area contributed by atoms with Gasteiger partial charge in [0.05, 0.1) is 9.77 Å². The number of rotatable bonds is 8. The SMILES string of the molecule is CN(C)S(=O)(=O)c1ccc2oc(SCCCC(=O)c3cccs3)nc2c1. The van der Waals surface area contributed by atoms with E-state index in [0.29, 0.717) is 28.5 Å². The van der Waals surface area contributed by atoms with Crippen molar-refractivity contribution < 1.29 is 17.6 Å². The number of oxazole rings is 1. The zero-order valence-corrected chi connectivity index (χ0v) is 16.8. The molecule has 0 radical (unpaired) electrons. The van der Waals surface area contributed by atoms with E-state index in [1.54, 1.807) is 6.07 Å². The Labute approximate surface area is 160 Å². The third-order valence-electron chi connectivity index (χ3n) is 3.69. The Balaban J connectivity index is 1.62. The summed E-state index contributed by atoms with van der Waals surface area (Å²) in [5.74, 6) is 0.851. The van der Waals surface area contributed by atoms with Gasteiger partial charge in [-0.15, -0.1) is 11.3 Å². The number of Topliss-reactive ketones (excluding diaryl/α,β-unsaturated/α-hetero) is 1. The number of fused-ring (bicyclic) bond motifs is 1. The van der Waals surface area contributed by atoms with E-state index in [-0.39, 0.29) is 10.7 Å². The molecule has 2 heterocycles. The molecule has 3 aromatic rings. The first-order valence-electron chi connectivity index (χ1n) is 7.90. The summed E-state index contributed by atoms with van der Waals surface area (Å²) in [6, 6.07) is 8.34. The normalized spacial score (nSPS) is 12.1. The number of sulfonamides is 1. The van der Waals surface area contributed by atoms with E-state index in [1.165, 1.54) is 49.3 Å². The standard InChI is InChI=1S/C17H18N2O4S3/c1-19(2)26(21,22)12-7-8-15-13(11-12)18-17(23-15)25-10-3-5-14(20)16-6-4-9-24-16/h4,6-9,11H,3,5,10H2,1-2H3. The second-order valence-electron chi connectivity index (χ2n) is 5.75. The van der Waals surface area contributed by atoms with Crippen LogP contribution < -0.4 is 0 Å². The Hall–Kier alpha value is -1.68. The molecule has 1 aromatic carbocycles. The van der Waals surface area contributed by atoms with Crippen LogP contribution in [0.5, 0.6) is 0 Å². The summed E-state index contributed by atoms with van der Waals surface area (Å²) in [5.41, 5.74) is 1.05. The number of hydrogen-bond donors (Lipinski definition) is 0. The van der Waals surface area contributed by atoms with Gasteiger partial charge in [0.15, 0.2) is 11.4 Å². The fraction of sp³-hybridized carbons (Fsp3) is 0.294. The third-order valence-corrected chi connectivity index (χ3v) is 7.32. The molecule has 0 fully saturated rings. The van der Waals surface area contributed by atoms with Gasteiger partial charge in [-0.1, -0.05) is 17.8 Å². The number of nitrogens with zero attached hydrogens (tertiary/aromatic N) is 2. The molecule has 0 saturated carbocycles. The minimum atomic E-state index is -3.50. The molecule has 0 saturated heterocycles. The zero-order valence-electron chi connectivity index (χ0n) is 14.3. The Bertz CT molecular complexity index is 1010. The monoisotopic (exact) mass is 410 g/mol. The molecule has 26 heavy (non-hydrogen) atoms. The second kappa shape index (κ2) is 7.91. The van der Waals surface area contributed by atoms with Crippen molar-refractivity contribution in [2.45, 2.75) is 23.0 Å². The van der Waals surface area contributed by atoms with Crippen LogP contribution in [0, 0.1) is 0 Å². The lowest BCUT2D eigenvalue weighted by Crippen LogP contribution is -2.22. The van der Waals surface area contributed by atoms with Crippen LogP contribution in [-0.2, 0) is 10.0 Å². The number of aromatic nitrogens is 1. The Morgan fingerprint density at radius 2 is 2.12 bits per heavy atom. The van der Waals surface area contributed by atoms with E-state index < -0.39 is 10.0 Å². The fourth-order valence-corrected chi connectivity index (χ4v) is 4.66. The average Bonchev–Trinajstić information content (AvgIpc) is 3.26. The summed E-state index contributed by atoms with van der Waals surface area (Å²) < 4.78 is 31.2. The number of carbonyl (C=O) groups is 1. The van der Waals surface area contributed by atoms with Gasteiger partial charge in [-0.2, -0.15) is 0 Å². The molecule has 0 spiro atoms. The van der Waals surface area contributed by atoms with Crippen molar-refractivity contribution in [3.05, 3.63) is 40.6 Å². The van der Waals surface area contributed by atoms with Gasteiger partial charge in [-0.05, 0) is 36.1 Å². The summed E-state index contributed by atoms with van der Waals surface area (Å²) in [7, 11) is -0.528. The summed E-state index contributed by atoms with van der Waals surface area (Å²) in [4.78, 5) is 17.3. The summed E-state index contributed by atoms with van der Waals surface area (Å²) >= 11 is 2.87. The Kier molecular flexibility index (Phi) is 5.81. The van der Waals surface area contributed by atoms with E-state index in [0.717, 1.165) is 15.6 Å². The molecule has 9 heteroatoms. The molecule has 0 aliphatic rings. The predicted octanol–water partition coefficient (Wildman–Crippen LogP) is 3.89. The van der Waals surface area contributed by atoms with Gasteiger partial charge < -0.3 is 4.42 Å². The van der Waals surface area contributed by atoms with Crippen LogP contribution in [0.4, 0.5) is 0 Å². The topological polar surface area (TPSA) is 80.5 Å². The first-order valence-corrected chi connectivity index (χ1v) is 11.2. The summed E-state index contributed by atoms with van der Waals surface area (Å²) in [6.07, 6.45) is 1.21. The number of benzene rings is 1. The lowest BCUT2D eigenvalue weighted by Gasteiger charge is -2.10. The molecule has 138 valence electrons. The largest absolute Gasteiger partial charge is 0.431 e. The van der Waals surface area contributed by atoms with E-state index in [4.69, 9.17) is 4.42 Å². The van der Waals surface area contributed by atoms with Crippen LogP contribution in [-0.4, -0.2) is 43.3 Å². The van der Waals surface area contributed by atoms with Crippen LogP contribution in [0.15, 0.2) is 50.2 Å². The van der Waals surface area contributed by atoms with Gasteiger partial charge in [-0.25, -0.2) is 17.7 Å². The van der Waals surface area contributed by atoms with Gasteiger partial charge in [-0.3, -0.25) is 4.79 Å². The first-order chi connectivity index (χ1) is 12.4. The maximum Gasteiger partial charge on any atom is 0.256 e. The quantitative estimate of drug-likeness (QED) is 0.318. The van der Waals surface area contributed by atoms with E-state index in [1.807, 2.05) is 17.5 Å². The summed E-state index contributed by atoms with van der Waals surface area (Å²) in [5, 5.41) is 2.37. The van der Waals surface area contributed by atoms with Crippen LogP contribution in [0.1, 0.15) is 22.5 Å². The average molecular weight is 411 g/mol. The second-order valence-corrected chi connectivity index (χ2v) is 9.89. The van der Waals surface area contributed by atoms with Crippen molar-refractivity contribution in [3.63, 3.8) is 0 Å². The number of ketones is 1. The molecule has 6 nitrogen and oxygen atoms in total. The minimum Gasteiger partial charge on any atom is -0.431 e. The van der Waals surface area contributed by atoms with Crippen molar-refractivity contribution in [3.8, 4) is 0 Å². The molecule has 0 N–H and O–H groups in total. The highest BCUT2D eigenvalue weighted by Gasteiger charge is 2.19. The van der Waals surface area contributed by atoms with E-state index in [2.05, 4.69) is 4.98 Å². The van der Waals surface area contributed by atoms with Crippen molar-refractivity contribution in [1.29, 1.82) is 0 Å². The van der Waals surface area contributed by atoms with E-state index >= 15 is 0 Å². The summed E-state index contributed by atoms with van der Waals surface area (Å²) in [6.45, 7) is 0. The fourth-order valence-electron chi connectivity index (χ4n) is 2.27. The Morgan fingerprint density at radius 1 is 1.31 bits per heavy atom. The van der Waals surface area contributed by atoms with Crippen molar-refractivity contribution in [1.82, 2.24) is 9.29 Å². The first kappa shape index (κ1) is 19.1. The lowest BCUT2D eigenvalue weighted by molar-refractivity contribution is 0.0986. The highest BCUT2D eigenvalue weighted by molar-refractivity contribution is 7.99. The number of thiophene rings is 1. The lowest BCUT2D eigenvalue weighted by atomic mass is 10.2. The Morgan fingerprint density at radius 3 is 2.81 bits per heavy atom. The number of carbonyl (C=O) groups excluding carboxylic acids is 1. The van der Waals surface area contributed by atoms with Crippen molar-refractivity contribution >= 4 is 50.0 Å². The molecule has 0 atom stereocenters. The number of hydrogen-bond acceptors (Lipinski definition) is 7. The predicted molar refractivity (Wildman–Crippen MR) is 103 cm³/mol. The molecule has 0 bridgehead atoms. The van der Waals surface area contributed by atoms with Crippen molar-refractivity contribution in [2.75, 3.05) is 19.8 Å². The van der Waals surface area contributed by atoms with Gasteiger partial charge in [0.25, 0.3) is 5.22 Å². The minimum absolute atomic E-state index is 0.150. The van der Waals surface area contributed by atoms with Crippen molar-refractivity contribution in [2.24, 2.45) is 0 Å². The molecule has 2 aromatic heterocycles. The van der Waals surface area contributed by atoms with Gasteiger partial charge >= 0.3 is 0 Å².